The van der Waals surface area contributed by atoms with E-state index in [-0.39, 0.29) is 0 Å². The molecule has 0 radical (unpaired) electrons. The molecule has 0 spiro atoms. The molecule has 4 heteroatoms. The van der Waals surface area contributed by atoms with Crippen LogP contribution in [-0.2, 0) is 12.8 Å². The van der Waals surface area contributed by atoms with Crippen LogP contribution in [0.2, 0.25) is 0 Å². The molecule has 2 nitrogen and oxygen atoms in total. The molecule has 0 aliphatic heterocycles. The first-order valence-corrected chi connectivity index (χ1v) is 5.87. The fourth-order valence-electron chi connectivity index (χ4n) is 1.04. The Morgan fingerprint density at radius 2 is 2.25 bits per heavy atom. The number of hydrogen-bond donors (Lipinski definition) is 0. The Morgan fingerprint density at radius 1 is 1.58 bits per heavy atom. The first-order chi connectivity index (χ1) is 5.66. The summed E-state index contributed by atoms with van der Waals surface area (Å²) in [6, 6.07) is 0. The van der Waals surface area contributed by atoms with Crippen molar-refractivity contribution in [1.82, 2.24) is 9.78 Å². The van der Waals surface area contributed by atoms with E-state index in [9.17, 15) is 0 Å². The van der Waals surface area contributed by atoms with Crippen LogP contribution < -0.4 is 0 Å². The highest BCUT2D eigenvalue weighted by molar-refractivity contribution is 9.10. The van der Waals surface area contributed by atoms with Gasteiger partial charge in [-0.25, -0.2) is 0 Å². The van der Waals surface area contributed by atoms with Crippen molar-refractivity contribution < 1.29 is 0 Å². The van der Waals surface area contributed by atoms with Gasteiger partial charge in [0, 0.05) is 12.8 Å². The van der Waals surface area contributed by atoms with Gasteiger partial charge >= 0.3 is 0 Å². The summed E-state index contributed by atoms with van der Waals surface area (Å²) < 4.78 is 3.10. The second-order valence-electron chi connectivity index (χ2n) is 2.61. The van der Waals surface area contributed by atoms with Crippen molar-refractivity contribution in [2.75, 3.05) is 5.75 Å². The minimum absolute atomic E-state index is 1.04. The number of hydrogen-bond acceptors (Lipinski definition) is 2. The molecule has 0 aromatic carbocycles. The molecule has 0 saturated heterocycles. The number of aryl methyl sites for hydroxylation is 2. The summed E-state index contributed by atoms with van der Waals surface area (Å²) in [6.45, 7) is 4.19. The van der Waals surface area contributed by atoms with Gasteiger partial charge in [0.15, 0.2) is 0 Å². The van der Waals surface area contributed by atoms with Gasteiger partial charge in [-0.05, 0) is 28.6 Å². The molecular formula is C8H13BrN2S. The molecule has 1 heterocycles. The fourth-order valence-corrected chi connectivity index (χ4v) is 2.43. The Bertz CT molecular complexity index is 270. The van der Waals surface area contributed by atoms with Gasteiger partial charge in [-0.2, -0.15) is 16.9 Å². The van der Waals surface area contributed by atoms with Gasteiger partial charge in [0.1, 0.15) is 0 Å². The van der Waals surface area contributed by atoms with Gasteiger partial charge < -0.3 is 0 Å². The van der Waals surface area contributed by atoms with E-state index in [1.54, 1.807) is 0 Å². The molecule has 0 amide bonds. The highest BCUT2D eigenvalue weighted by Crippen LogP contribution is 2.23. The number of thioether (sulfide) groups is 1. The van der Waals surface area contributed by atoms with Crippen molar-refractivity contribution in [2.24, 2.45) is 7.05 Å². The van der Waals surface area contributed by atoms with Crippen LogP contribution in [0.5, 0.6) is 0 Å². The van der Waals surface area contributed by atoms with Crippen LogP contribution in [0.4, 0.5) is 0 Å². The summed E-state index contributed by atoms with van der Waals surface area (Å²) >= 11 is 5.45. The molecular weight excluding hydrogens is 236 g/mol. The Labute approximate surface area is 85.9 Å². The number of aromatic nitrogens is 2. The second-order valence-corrected chi connectivity index (χ2v) is 4.67. The molecule has 12 heavy (non-hydrogen) atoms. The first kappa shape index (κ1) is 10.1. The van der Waals surface area contributed by atoms with Gasteiger partial charge in [0.25, 0.3) is 0 Å². The summed E-state index contributed by atoms with van der Waals surface area (Å²) in [7, 11) is 1.99. The Kier molecular flexibility index (Phi) is 3.65. The standard InChI is InChI=1S/C8H13BrN2S/c1-4-12-5-7-8(9)6(2)10-11(7)3/h4-5H2,1-3H3. The first-order valence-electron chi connectivity index (χ1n) is 3.92. The zero-order valence-corrected chi connectivity index (χ0v) is 10.00. The average molecular weight is 249 g/mol. The Morgan fingerprint density at radius 3 is 2.67 bits per heavy atom. The lowest BCUT2D eigenvalue weighted by atomic mass is 10.4. The van der Waals surface area contributed by atoms with Crippen LogP contribution in [0.1, 0.15) is 18.3 Å². The van der Waals surface area contributed by atoms with Crippen LogP contribution in [-0.4, -0.2) is 15.5 Å². The van der Waals surface area contributed by atoms with Crippen molar-refractivity contribution in [1.29, 1.82) is 0 Å². The average Bonchev–Trinajstić information content (AvgIpc) is 2.25. The van der Waals surface area contributed by atoms with Crippen LogP contribution in [0.15, 0.2) is 4.47 Å². The summed E-state index contributed by atoms with van der Waals surface area (Å²) in [5.74, 6) is 2.19. The summed E-state index contributed by atoms with van der Waals surface area (Å²) in [4.78, 5) is 0. The number of rotatable bonds is 3. The zero-order valence-electron chi connectivity index (χ0n) is 7.59. The molecule has 0 N–H and O–H groups in total. The largest absolute Gasteiger partial charge is 0.270 e. The van der Waals surface area contributed by atoms with Crippen molar-refractivity contribution in [2.45, 2.75) is 19.6 Å². The van der Waals surface area contributed by atoms with Crippen molar-refractivity contribution in [3.8, 4) is 0 Å². The van der Waals surface area contributed by atoms with Crippen molar-refractivity contribution in [3.05, 3.63) is 15.9 Å². The van der Waals surface area contributed by atoms with Gasteiger partial charge in [-0.15, -0.1) is 0 Å². The molecule has 0 fully saturated rings. The number of halogens is 1. The third-order valence-corrected chi connectivity index (χ3v) is 3.62. The van der Waals surface area contributed by atoms with E-state index in [1.807, 2.05) is 30.4 Å². The Balaban J connectivity index is 2.82. The van der Waals surface area contributed by atoms with E-state index in [4.69, 9.17) is 0 Å². The quantitative estimate of drug-likeness (QED) is 0.819. The maximum atomic E-state index is 4.32. The summed E-state index contributed by atoms with van der Waals surface area (Å²) in [6.07, 6.45) is 0. The lowest BCUT2D eigenvalue weighted by molar-refractivity contribution is 0.727. The predicted octanol–water partition coefficient (Wildman–Crippen LogP) is 2.74. The lowest BCUT2D eigenvalue weighted by Gasteiger charge is -2.00. The van der Waals surface area contributed by atoms with Gasteiger partial charge in [-0.3, -0.25) is 4.68 Å². The molecule has 68 valence electrons. The van der Waals surface area contributed by atoms with Gasteiger partial charge in [-0.1, -0.05) is 6.92 Å². The van der Waals surface area contributed by atoms with Crippen molar-refractivity contribution in [3.63, 3.8) is 0 Å². The molecule has 0 aliphatic rings. The highest BCUT2D eigenvalue weighted by atomic mass is 79.9. The molecule has 0 unspecified atom stereocenters. The SMILES string of the molecule is CCSCc1c(Br)c(C)nn1C. The van der Waals surface area contributed by atoms with E-state index in [1.165, 1.54) is 5.69 Å². The third-order valence-electron chi connectivity index (χ3n) is 1.70. The maximum absolute atomic E-state index is 4.32. The minimum atomic E-state index is 1.04. The van der Waals surface area contributed by atoms with Crippen LogP contribution in [0.3, 0.4) is 0 Å². The van der Waals surface area contributed by atoms with Crippen molar-refractivity contribution >= 4 is 27.7 Å². The van der Waals surface area contributed by atoms with Crippen LogP contribution in [0.25, 0.3) is 0 Å². The minimum Gasteiger partial charge on any atom is -0.270 e. The smallest absolute Gasteiger partial charge is 0.0738 e. The molecule has 0 bridgehead atoms. The van der Waals surface area contributed by atoms with E-state index in [2.05, 4.69) is 28.0 Å². The normalized spacial score (nSPS) is 10.7. The molecule has 0 saturated carbocycles. The Hall–Kier alpha value is 0.0400. The van der Waals surface area contributed by atoms with E-state index in [0.29, 0.717) is 0 Å². The number of nitrogens with zero attached hydrogens (tertiary/aromatic N) is 2. The van der Waals surface area contributed by atoms with E-state index >= 15 is 0 Å². The second kappa shape index (κ2) is 4.33. The lowest BCUT2D eigenvalue weighted by Crippen LogP contribution is -1.96. The molecule has 0 aliphatic carbocycles. The third kappa shape index (κ3) is 2.04. The zero-order chi connectivity index (χ0) is 9.14. The van der Waals surface area contributed by atoms with E-state index in [0.717, 1.165) is 21.7 Å². The van der Waals surface area contributed by atoms with Gasteiger partial charge in [0.05, 0.1) is 15.9 Å². The topological polar surface area (TPSA) is 17.8 Å². The summed E-state index contributed by atoms with van der Waals surface area (Å²) in [5, 5.41) is 4.32. The highest BCUT2D eigenvalue weighted by Gasteiger charge is 2.09. The fraction of sp³-hybridized carbons (Fsp3) is 0.625. The van der Waals surface area contributed by atoms with Crippen LogP contribution in [0, 0.1) is 6.92 Å². The molecule has 1 aromatic rings. The van der Waals surface area contributed by atoms with E-state index < -0.39 is 0 Å². The molecule has 0 atom stereocenters. The molecule has 1 rings (SSSR count). The maximum Gasteiger partial charge on any atom is 0.0738 e. The van der Waals surface area contributed by atoms with Crippen LogP contribution >= 0.6 is 27.7 Å². The summed E-state index contributed by atoms with van der Waals surface area (Å²) in [5.41, 5.74) is 2.35. The van der Waals surface area contributed by atoms with Gasteiger partial charge in [0.2, 0.25) is 0 Å². The monoisotopic (exact) mass is 248 g/mol. The predicted molar refractivity (Wildman–Crippen MR) is 57.5 cm³/mol. The molecule has 1 aromatic heterocycles.